The fourth-order valence-corrected chi connectivity index (χ4v) is 3.50. The second-order valence-corrected chi connectivity index (χ2v) is 6.97. The van der Waals surface area contributed by atoms with Gasteiger partial charge in [-0.1, -0.05) is 43.3 Å². The van der Waals surface area contributed by atoms with Crippen molar-refractivity contribution in [3.8, 4) is 0 Å². The van der Waals surface area contributed by atoms with Crippen LogP contribution in [-0.2, 0) is 19.3 Å². The van der Waals surface area contributed by atoms with E-state index in [4.69, 9.17) is 0 Å². The molecule has 0 radical (unpaired) electrons. The summed E-state index contributed by atoms with van der Waals surface area (Å²) in [5.74, 6) is 0. The van der Waals surface area contributed by atoms with E-state index in [1.54, 1.807) is 6.07 Å². The van der Waals surface area contributed by atoms with Crippen molar-refractivity contribution in [2.45, 2.75) is 32.6 Å². The fourth-order valence-electron chi connectivity index (χ4n) is 3.50. The topological polar surface area (TPSA) is 31.1 Å². The zero-order valence-electron chi connectivity index (χ0n) is 16.0. The van der Waals surface area contributed by atoms with Crippen LogP contribution < -0.4 is 5.32 Å². The zero-order valence-corrected chi connectivity index (χ0v) is 16.0. The first-order valence-corrected chi connectivity index (χ1v) is 9.62. The summed E-state index contributed by atoms with van der Waals surface area (Å²) in [6.07, 6.45) is -1.25. The van der Waals surface area contributed by atoms with Crippen LogP contribution in [-0.4, -0.2) is 29.5 Å². The smallest absolute Gasteiger partial charge is 0.361 e. The summed E-state index contributed by atoms with van der Waals surface area (Å²) in [6.45, 7) is 5.52. The molecule has 6 heteroatoms. The van der Waals surface area contributed by atoms with Crippen molar-refractivity contribution in [2.75, 3.05) is 19.6 Å². The average Bonchev–Trinajstić information content (AvgIpc) is 3.08. The number of rotatable bonds is 9. The van der Waals surface area contributed by atoms with Gasteiger partial charge in [-0.05, 0) is 36.2 Å². The predicted molar refractivity (Wildman–Crippen MR) is 107 cm³/mol. The summed E-state index contributed by atoms with van der Waals surface area (Å²) in [5, 5.41) is 4.39. The molecular weight excluding hydrogens is 363 g/mol. The standard InChI is InChI=1S/C22H26F3N3/c1-2-12-28(16-18-15-27-21-10-6-4-8-19(18)21)13-11-26-14-17-7-3-5-9-20(17)22(23,24)25/h3-10,15,26-27H,2,11-14,16H2,1H3. The molecule has 3 rings (SSSR count). The maximum atomic E-state index is 13.1. The molecule has 28 heavy (non-hydrogen) atoms. The van der Waals surface area contributed by atoms with Gasteiger partial charge in [0, 0.05) is 43.3 Å². The highest BCUT2D eigenvalue weighted by Crippen LogP contribution is 2.31. The van der Waals surface area contributed by atoms with Crippen molar-refractivity contribution in [3.05, 3.63) is 71.4 Å². The van der Waals surface area contributed by atoms with Crippen LogP contribution in [0.1, 0.15) is 30.0 Å². The second-order valence-electron chi connectivity index (χ2n) is 6.97. The van der Waals surface area contributed by atoms with Gasteiger partial charge >= 0.3 is 6.18 Å². The lowest BCUT2D eigenvalue weighted by molar-refractivity contribution is -0.138. The van der Waals surface area contributed by atoms with E-state index in [1.165, 1.54) is 23.1 Å². The lowest BCUT2D eigenvalue weighted by Crippen LogP contribution is -2.32. The minimum absolute atomic E-state index is 0.211. The van der Waals surface area contributed by atoms with E-state index in [2.05, 4.69) is 34.3 Å². The summed E-state index contributed by atoms with van der Waals surface area (Å²) in [4.78, 5) is 5.63. The van der Waals surface area contributed by atoms with Crippen LogP contribution in [0, 0.1) is 0 Å². The second kappa shape index (κ2) is 9.26. The molecule has 150 valence electrons. The highest BCUT2D eigenvalue weighted by atomic mass is 19.4. The van der Waals surface area contributed by atoms with Gasteiger partial charge in [0.25, 0.3) is 0 Å². The molecule has 0 aliphatic carbocycles. The summed E-state index contributed by atoms with van der Waals surface area (Å²) in [5.41, 5.74) is 2.09. The molecule has 1 aromatic heterocycles. The summed E-state index contributed by atoms with van der Waals surface area (Å²) < 4.78 is 39.3. The number of H-pyrrole nitrogens is 1. The molecule has 2 N–H and O–H groups in total. The van der Waals surface area contributed by atoms with Crippen molar-refractivity contribution in [3.63, 3.8) is 0 Å². The molecule has 1 heterocycles. The van der Waals surface area contributed by atoms with Gasteiger partial charge in [0.1, 0.15) is 0 Å². The maximum absolute atomic E-state index is 13.1. The first kappa shape index (κ1) is 20.4. The number of nitrogens with zero attached hydrogens (tertiary/aromatic N) is 1. The van der Waals surface area contributed by atoms with E-state index in [0.29, 0.717) is 6.54 Å². The Bertz CT molecular complexity index is 886. The van der Waals surface area contributed by atoms with E-state index >= 15 is 0 Å². The van der Waals surface area contributed by atoms with Crippen LogP contribution in [0.5, 0.6) is 0 Å². The number of hydrogen-bond donors (Lipinski definition) is 2. The van der Waals surface area contributed by atoms with Gasteiger partial charge < -0.3 is 10.3 Å². The molecule has 0 fully saturated rings. The van der Waals surface area contributed by atoms with E-state index < -0.39 is 11.7 Å². The molecular formula is C22H26F3N3. The van der Waals surface area contributed by atoms with Crippen molar-refractivity contribution < 1.29 is 13.2 Å². The number of hydrogen-bond acceptors (Lipinski definition) is 2. The molecule has 3 nitrogen and oxygen atoms in total. The maximum Gasteiger partial charge on any atom is 0.416 e. The third-order valence-electron chi connectivity index (χ3n) is 4.85. The fraction of sp³-hybridized carbons (Fsp3) is 0.364. The molecule has 0 aliphatic heterocycles. The summed E-state index contributed by atoms with van der Waals surface area (Å²) in [7, 11) is 0. The lowest BCUT2D eigenvalue weighted by Gasteiger charge is -2.22. The van der Waals surface area contributed by atoms with Crippen LogP contribution >= 0.6 is 0 Å². The number of alkyl halides is 3. The van der Waals surface area contributed by atoms with Crippen molar-refractivity contribution >= 4 is 10.9 Å². The largest absolute Gasteiger partial charge is 0.416 e. The third-order valence-corrected chi connectivity index (χ3v) is 4.85. The highest BCUT2D eigenvalue weighted by molar-refractivity contribution is 5.82. The minimum Gasteiger partial charge on any atom is -0.361 e. The van der Waals surface area contributed by atoms with Crippen molar-refractivity contribution in [2.24, 2.45) is 0 Å². The Morgan fingerprint density at radius 3 is 2.50 bits per heavy atom. The van der Waals surface area contributed by atoms with E-state index in [9.17, 15) is 13.2 Å². The molecule has 0 spiro atoms. The van der Waals surface area contributed by atoms with Gasteiger partial charge in [0.05, 0.1) is 5.56 Å². The molecule has 0 unspecified atom stereocenters. The Labute approximate surface area is 163 Å². The van der Waals surface area contributed by atoms with Gasteiger partial charge in [-0.3, -0.25) is 4.90 Å². The van der Waals surface area contributed by atoms with E-state index in [-0.39, 0.29) is 12.1 Å². The van der Waals surface area contributed by atoms with Gasteiger partial charge in [-0.25, -0.2) is 0 Å². The predicted octanol–water partition coefficient (Wildman–Crippen LogP) is 5.19. The van der Waals surface area contributed by atoms with Crippen molar-refractivity contribution in [1.82, 2.24) is 15.2 Å². The quantitative estimate of drug-likeness (QED) is 0.494. The Balaban J connectivity index is 1.56. The summed E-state index contributed by atoms with van der Waals surface area (Å²) >= 11 is 0. The number of para-hydroxylation sites is 1. The highest BCUT2D eigenvalue weighted by Gasteiger charge is 2.32. The monoisotopic (exact) mass is 389 g/mol. The Morgan fingerprint density at radius 1 is 0.964 bits per heavy atom. The molecule has 0 bridgehead atoms. The first-order chi connectivity index (χ1) is 13.5. The van der Waals surface area contributed by atoms with Gasteiger partial charge in [-0.15, -0.1) is 0 Å². The van der Waals surface area contributed by atoms with Crippen LogP contribution in [0.15, 0.2) is 54.7 Å². The molecule has 0 saturated heterocycles. The molecule has 0 amide bonds. The Kier molecular flexibility index (Phi) is 6.75. The number of nitrogens with one attached hydrogen (secondary N) is 2. The Hall–Kier alpha value is -2.31. The van der Waals surface area contributed by atoms with Crippen LogP contribution in [0.2, 0.25) is 0 Å². The third kappa shape index (κ3) is 5.14. The van der Waals surface area contributed by atoms with Gasteiger partial charge in [-0.2, -0.15) is 13.2 Å². The first-order valence-electron chi connectivity index (χ1n) is 9.62. The molecule has 3 aromatic rings. The zero-order chi connectivity index (χ0) is 20.0. The van der Waals surface area contributed by atoms with E-state index in [1.807, 2.05) is 18.3 Å². The number of aromatic amines is 1. The molecule has 0 atom stereocenters. The molecule has 0 saturated carbocycles. The molecule has 0 aliphatic rings. The molecule has 2 aromatic carbocycles. The Morgan fingerprint density at radius 2 is 1.71 bits per heavy atom. The van der Waals surface area contributed by atoms with Crippen LogP contribution in [0.3, 0.4) is 0 Å². The SMILES string of the molecule is CCCN(CCNCc1ccccc1C(F)(F)F)Cc1c[nH]c2ccccc12. The average molecular weight is 389 g/mol. The number of fused-ring (bicyclic) bond motifs is 1. The minimum atomic E-state index is -4.32. The normalized spacial score (nSPS) is 12.2. The van der Waals surface area contributed by atoms with Gasteiger partial charge in [0.15, 0.2) is 0 Å². The lowest BCUT2D eigenvalue weighted by atomic mass is 10.1. The van der Waals surface area contributed by atoms with E-state index in [0.717, 1.165) is 37.6 Å². The summed E-state index contributed by atoms with van der Waals surface area (Å²) in [6, 6.07) is 13.9. The number of benzene rings is 2. The number of aromatic nitrogens is 1. The van der Waals surface area contributed by atoms with Crippen LogP contribution in [0.25, 0.3) is 10.9 Å². The van der Waals surface area contributed by atoms with Gasteiger partial charge in [0.2, 0.25) is 0 Å². The van der Waals surface area contributed by atoms with Crippen LogP contribution in [0.4, 0.5) is 13.2 Å². The number of halogens is 3. The van der Waals surface area contributed by atoms with Crippen molar-refractivity contribution in [1.29, 1.82) is 0 Å².